The van der Waals surface area contributed by atoms with E-state index in [1.54, 1.807) is 0 Å². The van der Waals surface area contributed by atoms with Gasteiger partial charge in [-0.25, -0.2) is 0 Å². The fourth-order valence-corrected chi connectivity index (χ4v) is 1.72. The molecule has 2 N–H and O–H groups in total. The summed E-state index contributed by atoms with van der Waals surface area (Å²) >= 11 is 0. The minimum absolute atomic E-state index is 0.115. The smallest absolute Gasteiger partial charge is 0.0682 e. The summed E-state index contributed by atoms with van der Waals surface area (Å²) in [6.45, 7) is 4.82. The Labute approximate surface area is 95.9 Å². The molecule has 0 bridgehead atoms. The molecule has 0 aliphatic heterocycles. The van der Waals surface area contributed by atoms with Gasteiger partial charge in [-0.05, 0) is 25.5 Å². The van der Waals surface area contributed by atoms with Crippen LogP contribution in [0.4, 0.5) is 0 Å². The summed E-state index contributed by atoms with van der Waals surface area (Å²) < 4.78 is 1.95. The molecule has 1 unspecified atom stereocenters. The molecule has 0 radical (unpaired) electrons. The van der Waals surface area contributed by atoms with Gasteiger partial charge < -0.3 is 5.73 Å². The molecule has 84 valence electrons. The molecule has 1 aromatic heterocycles. The predicted octanol–water partition coefficient (Wildman–Crippen LogP) is 2.21. The van der Waals surface area contributed by atoms with Crippen LogP contribution in [0.1, 0.15) is 12.5 Å². The van der Waals surface area contributed by atoms with E-state index in [0.29, 0.717) is 0 Å². The highest BCUT2D eigenvalue weighted by Crippen LogP contribution is 2.19. The number of aromatic nitrogens is 2. The van der Waals surface area contributed by atoms with Crippen molar-refractivity contribution in [2.75, 3.05) is 0 Å². The van der Waals surface area contributed by atoms with Crippen LogP contribution in [0, 0.1) is 6.92 Å². The summed E-state index contributed by atoms with van der Waals surface area (Å²) in [5, 5.41) is 4.29. The molecule has 2 aromatic rings. The molecule has 16 heavy (non-hydrogen) atoms. The van der Waals surface area contributed by atoms with E-state index in [-0.39, 0.29) is 6.04 Å². The van der Waals surface area contributed by atoms with E-state index in [1.807, 2.05) is 23.9 Å². The van der Waals surface area contributed by atoms with Crippen molar-refractivity contribution in [3.8, 4) is 11.3 Å². The Bertz CT molecular complexity index is 454. The number of hydrogen-bond donors (Lipinski definition) is 1. The Morgan fingerprint density at radius 1 is 1.25 bits per heavy atom. The number of aryl methyl sites for hydroxylation is 1. The minimum atomic E-state index is 0.115. The maximum absolute atomic E-state index is 5.79. The Hall–Kier alpha value is -1.61. The van der Waals surface area contributed by atoms with Crippen LogP contribution < -0.4 is 5.73 Å². The summed E-state index contributed by atoms with van der Waals surface area (Å²) in [4.78, 5) is 0. The first kappa shape index (κ1) is 10.9. The molecule has 3 heteroatoms. The van der Waals surface area contributed by atoms with Crippen LogP contribution in [0.25, 0.3) is 11.3 Å². The van der Waals surface area contributed by atoms with Crippen molar-refractivity contribution in [2.24, 2.45) is 5.73 Å². The molecule has 0 saturated carbocycles. The molecule has 3 nitrogen and oxygen atoms in total. The SMILES string of the molecule is Cc1ccc(-c2ccnn2CC(C)N)cc1. The average Bonchev–Trinajstić information content (AvgIpc) is 2.66. The van der Waals surface area contributed by atoms with Gasteiger partial charge in [0.25, 0.3) is 0 Å². The number of nitrogens with zero attached hydrogens (tertiary/aromatic N) is 2. The second kappa shape index (κ2) is 4.49. The summed E-state index contributed by atoms with van der Waals surface area (Å²) in [5.74, 6) is 0. The van der Waals surface area contributed by atoms with Crippen LogP contribution in [-0.4, -0.2) is 15.8 Å². The average molecular weight is 215 g/mol. The predicted molar refractivity (Wildman–Crippen MR) is 66.0 cm³/mol. The van der Waals surface area contributed by atoms with Crippen LogP contribution in [-0.2, 0) is 6.54 Å². The molecular weight excluding hydrogens is 198 g/mol. The summed E-state index contributed by atoms with van der Waals surface area (Å²) in [6, 6.07) is 10.6. The van der Waals surface area contributed by atoms with E-state index in [9.17, 15) is 0 Å². The van der Waals surface area contributed by atoms with Gasteiger partial charge >= 0.3 is 0 Å². The first-order valence-electron chi connectivity index (χ1n) is 5.51. The maximum Gasteiger partial charge on any atom is 0.0682 e. The molecular formula is C13H17N3. The second-order valence-electron chi connectivity index (χ2n) is 4.24. The maximum atomic E-state index is 5.79. The third kappa shape index (κ3) is 2.31. The van der Waals surface area contributed by atoms with Gasteiger partial charge in [0.05, 0.1) is 12.2 Å². The van der Waals surface area contributed by atoms with E-state index < -0.39 is 0 Å². The van der Waals surface area contributed by atoms with Gasteiger partial charge in [-0.3, -0.25) is 4.68 Å². The van der Waals surface area contributed by atoms with Crippen LogP contribution in [0.15, 0.2) is 36.5 Å². The Kier molecular flexibility index (Phi) is 3.06. The summed E-state index contributed by atoms with van der Waals surface area (Å²) in [6.07, 6.45) is 1.82. The van der Waals surface area contributed by atoms with Gasteiger partial charge in [0, 0.05) is 12.2 Å². The zero-order valence-corrected chi connectivity index (χ0v) is 9.72. The normalized spacial score (nSPS) is 12.7. The van der Waals surface area contributed by atoms with Crippen molar-refractivity contribution in [1.82, 2.24) is 9.78 Å². The van der Waals surface area contributed by atoms with Crippen molar-refractivity contribution in [2.45, 2.75) is 26.4 Å². The molecule has 1 aromatic carbocycles. The molecule has 0 saturated heterocycles. The second-order valence-corrected chi connectivity index (χ2v) is 4.24. The Morgan fingerprint density at radius 3 is 2.56 bits per heavy atom. The van der Waals surface area contributed by atoms with Crippen LogP contribution in [0.5, 0.6) is 0 Å². The molecule has 1 heterocycles. The van der Waals surface area contributed by atoms with E-state index in [4.69, 9.17) is 5.73 Å². The molecule has 0 aliphatic rings. The van der Waals surface area contributed by atoms with E-state index in [2.05, 4.69) is 36.3 Å². The lowest BCUT2D eigenvalue weighted by Gasteiger charge is -2.10. The number of benzene rings is 1. The third-order valence-corrected chi connectivity index (χ3v) is 2.52. The van der Waals surface area contributed by atoms with Gasteiger partial charge in [-0.2, -0.15) is 5.10 Å². The lowest BCUT2D eigenvalue weighted by atomic mass is 10.1. The van der Waals surface area contributed by atoms with Crippen molar-refractivity contribution in [3.05, 3.63) is 42.1 Å². The molecule has 1 atom stereocenters. The van der Waals surface area contributed by atoms with Gasteiger partial charge in [-0.1, -0.05) is 29.8 Å². The van der Waals surface area contributed by atoms with Crippen LogP contribution >= 0.6 is 0 Å². The highest BCUT2D eigenvalue weighted by atomic mass is 15.3. The van der Waals surface area contributed by atoms with Crippen molar-refractivity contribution in [3.63, 3.8) is 0 Å². The quantitative estimate of drug-likeness (QED) is 0.853. The molecule has 0 fully saturated rings. The minimum Gasteiger partial charge on any atom is -0.326 e. The number of nitrogens with two attached hydrogens (primary N) is 1. The van der Waals surface area contributed by atoms with Crippen LogP contribution in [0.2, 0.25) is 0 Å². The molecule has 0 spiro atoms. The van der Waals surface area contributed by atoms with Gasteiger partial charge in [-0.15, -0.1) is 0 Å². The summed E-state index contributed by atoms with van der Waals surface area (Å²) in [5.41, 5.74) is 9.37. The Balaban J connectivity index is 2.33. The van der Waals surface area contributed by atoms with E-state index in [1.165, 1.54) is 11.1 Å². The van der Waals surface area contributed by atoms with Gasteiger partial charge in [0.2, 0.25) is 0 Å². The topological polar surface area (TPSA) is 43.8 Å². The number of hydrogen-bond acceptors (Lipinski definition) is 2. The zero-order valence-electron chi connectivity index (χ0n) is 9.72. The lowest BCUT2D eigenvalue weighted by Crippen LogP contribution is -2.23. The van der Waals surface area contributed by atoms with E-state index >= 15 is 0 Å². The fraction of sp³-hybridized carbons (Fsp3) is 0.308. The van der Waals surface area contributed by atoms with Crippen molar-refractivity contribution in [1.29, 1.82) is 0 Å². The standard InChI is InChI=1S/C13H17N3/c1-10-3-5-12(6-4-10)13-7-8-15-16(13)9-11(2)14/h3-8,11H,9,14H2,1-2H3. The zero-order chi connectivity index (χ0) is 11.5. The largest absolute Gasteiger partial charge is 0.326 e. The fourth-order valence-electron chi connectivity index (χ4n) is 1.72. The summed E-state index contributed by atoms with van der Waals surface area (Å²) in [7, 11) is 0. The van der Waals surface area contributed by atoms with Gasteiger partial charge in [0.15, 0.2) is 0 Å². The monoisotopic (exact) mass is 215 g/mol. The van der Waals surface area contributed by atoms with Crippen molar-refractivity contribution < 1.29 is 0 Å². The highest BCUT2D eigenvalue weighted by molar-refractivity contribution is 5.59. The van der Waals surface area contributed by atoms with Gasteiger partial charge in [0.1, 0.15) is 0 Å². The van der Waals surface area contributed by atoms with E-state index in [0.717, 1.165) is 12.2 Å². The third-order valence-electron chi connectivity index (χ3n) is 2.52. The molecule has 2 rings (SSSR count). The molecule has 0 aliphatic carbocycles. The van der Waals surface area contributed by atoms with Crippen molar-refractivity contribution >= 4 is 0 Å². The Morgan fingerprint density at radius 2 is 1.94 bits per heavy atom. The lowest BCUT2D eigenvalue weighted by molar-refractivity contribution is 0.543. The first-order valence-corrected chi connectivity index (χ1v) is 5.51. The van der Waals surface area contributed by atoms with Crippen LogP contribution in [0.3, 0.4) is 0 Å². The number of rotatable bonds is 3. The first-order chi connectivity index (χ1) is 7.66. The molecule has 0 amide bonds. The highest BCUT2D eigenvalue weighted by Gasteiger charge is 2.06.